The van der Waals surface area contributed by atoms with Crippen LogP contribution in [0.25, 0.3) is 0 Å². The van der Waals surface area contributed by atoms with Crippen LogP contribution in [0, 0.1) is 5.92 Å². The summed E-state index contributed by atoms with van der Waals surface area (Å²) in [6, 6.07) is 0. The Bertz CT molecular complexity index is 209. The zero-order valence-electron chi connectivity index (χ0n) is 9.78. The molecule has 4 heteroatoms. The highest BCUT2D eigenvalue weighted by atomic mass is 16.4. The van der Waals surface area contributed by atoms with Crippen molar-refractivity contribution in [1.29, 1.82) is 0 Å². The third kappa shape index (κ3) is 5.14. The van der Waals surface area contributed by atoms with Gasteiger partial charge in [0.2, 0.25) is 0 Å². The molecule has 0 aromatic rings. The van der Waals surface area contributed by atoms with E-state index in [0.29, 0.717) is 0 Å². The van der Waals surface area contributed by atoms with Crippen LogP contribution in [0.3, 0.4) is 0 Å². The van der Waals surface area contributed by atoms with E-state index in [2.05, 4.69) is 11.9 Å². The molecule has 15 heavy (non-hydrogen) atoms. The highest BCUT2D eigenvalue weighted by molar-refractivity contribution is 5.68. The fourth-order valence-electron chi connectivity index (χ4n) is 2.22. The first-order valence-corrected chi connectivity index (χ1v) is 5.67. The largest absolute Gasteiger partial charge is 0.480 e. The molecule has 0 amide bonds. The number of likely N-dealkylation sites (N-methyl/N-ethyl adjacent to an activating group) is 1. The van der Waals surface area contributed by atoms with Gasteiger partial charge < -0.3 is 10.0 Å². The molecule has 0 aliphatic carbocycles. The highest BCUT2D eigenvalue weighted by Crippen LogP contribution is 2.18. The van der Waals surface area contributed by atoms with Crippen molar-refractivity contribution in [3.8, 4) is 0 Å². The van der Waals surface area contributed by atoms with Crippen molar-refractivity contribution >= 4 is 5.97 Å². The van der Waals surface area contributed by atoms with Crippen molar-refractivity contribution in [2.45, 2.75) is 19.3 Å². The van der Waals surface area contributed by atoms with E-state index in [1.807, 2.05) is 11.9 Å². The fourth-order valence-corrected chi connectivity index (χ4v) is 2.22. The highest BCUT2D eigenvalue weighted by Gasteiger charge is 2.17. The zero-order chi connectivity index (χ0) is 11.3. The van der Waals surface area contributed by atoms with Crippen LogP contribution in [0.15, 0.2) is 0 Å². The number of aliphatic carboxylic acids is 1. The summed E-state index contributed by atoms with van der Waals surface area (Å²) in [4.78, 5) is 14.7. The third-order valence-corrected chi connectivity index (χ3v) is 3.05. The second-order valence-corrected chi connectivity index (χ2v) is 4.69. The maximum absolute atomic E-state index is 10.5. The Morgan fingerprint density at radius 1 is 1.60 bits per heavy atom. The molecule has 0 aromatic heterocycles. The van der Waals surface area contributed by atoms with Crippen LogP contribution in [-0.4, -0.2) is 61.2 Å². The van der Waals surface area contributed by atoms with E-state index in [0.717, 1.165) is 18.9 Å². The van der Waals surface area contributed by atoms with Crippen molar-refractivity contribution in [3.63, 3.8) is 0 Å². The summed E-state index contributed by atoms with van der Waals surface area (Å²) in [5.74, 6) is 0.0123. The van der Waals surface area contributed by atoms with E-state index in [-0.39, 0.29) is 6.54 Å². The minimum Gasteiger partial charge on any atom is -0.480 e. The molecule has 0 aromatic carbocycles. The Balaban J connectivity index is 2.15. The molecule has 1 unspecified atom stereocenters. The number of carbonyl (C=O) groups is 1. The van der Waals surface area contributed by atoms with Crippen LogP contribution in [0.4, 0.5) is 0 Å². The summed E-state index contributed by atoms with van der Waals surface area (Å²) >= 11 is 0. The van der Waals surface area contributed by atoms with Crippen LogP contribution in [0.1, 0.15) is 19.3 Å². The van der Waals surface area contributed by atoms with Crippen LogP contribution in [-0.2, 0) is 4.79 Å². The smallest absolute Gasteiger partial charge is 0.317 e. The number of carboxylic acids is 1. The molecule has 1 heterocycles. The standard InChI is InChI=1S/C11H22N2O2/c1-12-6-3-4-10(8-12)5-7-13(2)9-11(14)15/h10H,3-9H2,1-2H3,(H,14,15). The van der Waals surface area contributed by atoms with Crippen LogP contribution < -0.4 is 0 Å². The van der Waals surface area contributed by atoms with Crippen molar-refractivity contribution in [3.05, 3.63) is 0 Å². The van der Waals surface area contributed by atoms with E-state index in [9.17, 15) is 4.79 Å². The number of rotatable bonds is 5. The van der Waals surface area contributed by atoms with Gasteiger partial charge >= 0.3 is 5.97 Å². The topological polar surface area (TPSA) is 43.8 Å². The van der Waals surface area contributed by atoms with Gasteiger partial charge in [-0.15, -0.1) is 0 Å². The van der Waals surface area contributed by atoms with Crippen LogP contribution >= 0.6 is 0 Å². The van der Waals surface area contributed by atoms with Gasteiger partial charge in [-0.1, -0.05) is 0 Å². The van der Waals surface area contributed by atoms with Crippen molar-refractivity contribution in [1.82, 2.24) is 9.80 Å². The second-order valence-electron chi connectivity index (χ2n) is 4.69. The zero-order valence-corrected chi connectivity index (χ0v) is 9.78. The van der Waals surface area contributed by atoms with Crippen molar-refractivity contribution in [2.75, 3.05) is 40.3 Å². The summed E-state index contributed by atoms with van der Waals surface area (Å²) in [5.41, 5.74) is 0. The molecule has 1 atom stereocenters. The van der Waals surface area contributed by atoms with E-state index in [4.69, 9.17) is 5.11 Å². The lowest BCUT2D eigenvalue weighted by Gasteiger charge is -2.30. The monoisotopic (exact) mass is 214 g/mol. The fraction of sp³-hybridized carbons (Fsp3) is 0.909. The molecule has 4 nitrogen and oxygen atoms in total. The summed E-state index contributed by atoms with van der Waals surface area (Å²) in [6.45, 7) is 3.43. The maximum Gasteiger partial charge on any atom is 0.317 e. The lowest BCUT2D eigenvalue weighted by atomic mass is 9.95. The molecule has 0 spiro atoms. The normalized spacial score (nSPS) is 23.3. The molecule has 0 bridgehead atoms. The summed E-state index contributed by atoms with van der Waals surface area (Å²) in [5, 5.41) is 8.61. The number of hydrogen-bond acceptors (Lipinski definition) is 3. The number of piperidine rings is 1. The van der Waals surface area contributed by atoms with E-state index < -0.39 is 5.97 Å². The van der Waals surface area contributed by atoms with Gasteiger partial charge in [-0.25, -0.2) is 0 Å². The number of nitrogens with zero attached hydrogens (tertiary/aromatic N) is 2. The van der Waals surface area contributed by atoms with Crippen LogP contribution in [0.5, 0.6) is 0 Å². The Morgan fingerprint density at radius 2 is 2.33 bits per heavy atom. The van der Waals surface area contributed by atoms with Gasteiger partial charge in [0.15, 0.2) is 0 Å². The van der Waals surface area contributed by atoms with Gasteiger partial charge in [-0.05, 0) is 52.4 Å². The van der Waals surface area contributed by atoms with E-state index in [1.165, 1.54) is 25.9 Å². The third-order valence-electron chi connectivity index (χ3n) is 3.05. The Hall–Kier alpha value is -0.610. The quantitative estimate of drug-likeness (QED) is 0.733. The van der Waals surface area contributed by atoms with Gasteiger partial charge in [-0.2, -0.15) is 0 Å². The molecule has 1 fully saturated rings. The van der Waals surface area contributed by atoms with Gasteiger partial charge in [0, 0.05) is 6.54 Å². The van der Waals surface area contributed by atoms with Crippen molar-refractivity contribution < 1.29 is 9.90 Å². The van der Waals surface area contributed by atoms with E-state index in [1.54, 1.807) is 0 Å². The molecular weight excluding hydrogens is 192 g/mol. The first-order valence-electron chi connectivity index (χ1n) is 5.67. The lowest BCUT2D eigenvalue weighted by molar-refractivity contribution is -0.138. The minimum atomic E-state index is -0.738. The number of carboxylic acid groups (broad SMARTS) is 1. The molecule has 88 valence electrons. The summed E-state index contributed by atoms with van der Waals surface area (Å²) < 4.78 is 0. The molecule has 0 radical (unpaired) electrons. The second kappa shape index (κ2) is 6.08. The van der Waals surface area contributed by atoms with Crippen molar-refractivity contribution in [2.24, 2.45) is 5.92 Å². The predicted molar refractivity (Wildman–Crippen MR) is 60.0 cm³/mol. The van der Waals surface area contributed by atoms with Gasteiger partial charge in [-0.3, -0.25) is 9.69 Å². The summed E-state index contributed by atoms with van der Waals surface area (Å²) in [7, 11) is 4.04. The van der Waals surface area contributed by atoms with Crippen LogP contribution in [0.2, 0.25) is 0 Å². The molecular formula is C11H22N2O2. The number of likely N-dealkylation sites (tertiary alicyclic amines) is 1. The molecule has 1 saturated heterocycles. The SMILES string of the molecule is CN(CCC1CCCN(C)C1)CC(=O)O. The maximum atomic E-state index is 10.5. The summed E-state index contributed by atoms with van der Waals surface area (Å²) in [6.07, 6.45) is 3.70. The molecule has 0 saturated carbocycles. The minimum absolute atomic E-state index is 0.155. The Labute approximate surface area is 91.9 Å². The Kier molecular flexibility index (Phi) is 5.05. The lowest BCUT2D eigenvalue weighted by Crippen LogP contribution is -2.34. The first kappa shape index (κ1) is 12.5. The Morgan fingerprint density at radius 3 is 2.93 bits per heavy atom. The predicted octanol–water partition coefficient (Wildman–Crippen LogP) is 0.735. The average molecular weight is 214 g/mol. The molecule has 1 N–H and O–H groups in total. The van der Waals surface area contributed by atoms with Gasteiger partial charge in [0.05, 0.1) is 6.54 Å². The van der Waals surface area contributed by atoms with E-state index >= 15 is 0 Å². The molecule has 1 aliphatic rings. The number of hydrogen-bond donors (Lipinski definition) is 1. The molecule has 1 rings (SSSR count). The van der Waals surface area contributed by atoms with Gasteiger partial charge in [0.1, 0.15) is 0 Å². The first-order chi connectivity index (χ1) is 7.08. The van der Waals surface area contributed by atoms with Gasteiger partial charge in [0.25, 0.3) is 0 Å². The average Bonchev–Trinajstić information content (AvgIpc) is 2.14. The molecule has 1 aliphatic heterocycles.